The third-order valence-electron chi connectivity index (χ3n) is 5.53. The van der Waals surface area contributed by atoms with E-state index in [-0.39, 0.29) is 0 Å². The zero-order valence-corrected chi connectivity index (χ0v) is 15.5. The van der Waals surface area contributed by atoms with Gasteiger partial charge in [-0.1, -0.05) is 52.0 Å². The summed E-state index contributed by atoms with van der Waals surface area (Å²) in [6.45, 7) is 0. The maximum Gasteiger partial charge on any atom is 0.0805 e. The van der Waals surface area contributed by atoms with Gasteiger partial charge >= 0.3 is 0 Å². The van der Waals surface area contributed by atoms with Crippen LogP contribution < -0.4 is 4.90 Å². The molecule has 1 atom stereocenters. The number of rotatable bonds is 1. The van der Waals surface area contributed by atoms with Crippen LogP contribution in [0, 0.1) is 0 Å². The van der Waals surface area contributed by atoms with Crippen molar-refractivity contribution in [1.29, 1.82) is 0 Å². The Balaban J connectivity index is 1.60. The molecule has 24 heavy (non-hydrogen) atoms. The van der Waals surface area contributed by atoms with Crippen molar-refractivity contribution in [3.63, 3.8) is 0 Å². The van der Waals surface area contributed by atoms with Crippen LogP contribution in [0.25, 0.3) is 17.2 Å². The quantitative estimate of drug-likeness (QED) is 0.529. The molecule has 1 saturated heterocycles. The Bertz CT molecular complexity index is 1040. The number of anilines is 1. The molecule has 3 heteroatoms. The van der Waals surface area contributed by atoms with Crippen molar-refractivity contribution in [2.45, 2.75) is 12.5 Å². The number of nitrogens with zero attached hydrogens (tertiary/aromatic N) is 1. The highest BCUT2D eigenvalue weighted by Gasteiger charge is 2.41. The molecule has 1 fully saturated rings. The van der Waals surface area contributed by atoms with Crippen LogP contribution in [-0.4, -0.2) is 7.05 Å². The van der Waals surface area contributed by atoms with Crippen LogP contribution in [0.1, 0.15) is 34.7 Å². The van der Waals surface area contributed by atoms with Gasteiger partial charge in [-0.15, -0.1) is 0 Å². The molecule has 0 spiro atoms. The van der Waals surface area contributed by atoms with Gasteiger partial charge in [0.25, 0.3) is 0 Å². The van der Waals surface area contributed by atoms with Crippen LogP contribution in [0.2, 0.25) is 0 Å². The lowest BCUT2D eigenvalue weighted by Crippen LogP contribution is -2.18. The highest BCUT2D eigenvalue weighted by molar-refractivity contribution is 9.10. The highest BCUT2D eigenvalue weighted by atomic mass is 79.9. The molecule has 0 saturated carbocycles. The number of hydrogen-bond acceptors (Lipinski definition) is 2. The van der Waals surface area contributed by atoms with E-state index in [4.69, 9.17) is 0 Å². The van der Waals surface area contributed by atoms with Crippen molar-refractivity contribution in [2.75, 3.05) is 11.9 Å². The summed E-state index contributed by atoms with van der Waals surface area (Å²) in [7, 11) is 2.23. The number of allylic oxidation sites excluding steroid dienone is 2. The third-order valence-corrected chi connectivity index (χ3v) is 7.08. The van der Waals surface area contributed by atoms with Crippen LogP contribution in [-0.2, 0) is 0 Å². The summed E-state index contributed by atoms with van der Waals surface area (Å²) >= 11 is 5.56. The van der Waals surface area contributed by atoms with Gasteiger partial charge in [-0.2, -0.15) is 0 Å². The van der Waals surface area contributed by atoms with Crippen molar-refractivity contribution < 1.29 is 0 Å². The molecule has 1 nitrogen and oxygen atoms in total. The van der Waals surface area contributed by atoms with Crippen LogP contribution in [0.3, 0.4) is 0 Å². The molecule has 0 radical (unpaired) electrons. The molecule has 2 aliphatic carbocycles. The first-order valence-electron chi connectivity index (χ1n) is 8.21. The van der Waals surface area contributed by atoms with E-state index >= 15 is 0 Å². The fraction of sp³-hybridized carbons (Fsp3) is 0.143. The summed E-state index contributed by atoms with van der Waals surface area (Å²) in [5.74, 6) is 0. The zero-order chi connectivity index (χ0) is 16.0. The lowest BCUT2D eigenvalue weighted by atomic mass is 9.93. The second-order valence-electron chi connectivity index (χ2n) is 6.77. The first-order valence-corrected chi connectivity index (χ1v) is 9.82. The van der Waals surface area contributed by atoms with Crippen molar-refractivity contribution >= 4 is 50.6 Å². The molecule has 0 amide bonds. The van der Waals surface area contributed by atoms with Gasteiger partial charge in [-0.25, -0.2) is 0 Å². The van der Waals surface area contributed by atoms with Crippen molar-refractivity contribution in [1.82, 2.24) is 0 Å². The van der Waals surface area contributed by atoms with E-state index in [0.29, 0.717) is 6.04 Å². The van der Waals surface area contributed by atoms with E-state index in [2.05, 4.69) is 76.4 Å². The van der Waals surface area contributed by atoms with Gasteiger partial charge in [0.15, 0.2) is 0 Å². The van der Waals surface area contributed by atoms with Gasteiger partial charge in [0, 0.05) is 32.6 Å². The van der Waals surface area contributed by atoms with Crippen LogP contribution in [0.5, 0.6) is 0 Å². The molecule has 2 aromatic carbocycles. The Hall–Kier alpha value is -1.71. The van der Waals surface area contributed by atoms with E-state index in [1.807, 2.05) is 11.8 Å². The summed E-state index contributed by atoms with van der Waals surface area (Å²) in [5.41, 5.74) is 10.0. The normalized spacial score (nSPS) is 22.1. The zero-order valence-electron chi connectivity index (χ0n) is 13.1. The fourth-order valence-electron chi connectivity index (χ4n) is 4.44. The molecule has 2 heterocycles. The average molecular weight is 392 g/mol. The van der Waals surface area contributed by atoms with Crippen molar-refractivity contribution in [3.05, 3.63) is 79.0 Å². The highest BCUT2D eigenvalue weighted by Crippen LogP contribution is 2.62. The minimum absolute atomic E-state index is 0.357. The summed E-state index contributed by atoms with van der Waals surface area (Å²) in [5, 5.41) is 0. The van der Waals surface area contributed by atoms with E-state index in [1.54, 1.807) is 0 Å². The minimum atomic E-state index is 0.357. The van der Waals surface area contributed by atoms with E-state index < -0.39 is 0 Å². The Morgan fingerprint density at radius 2 is 2.12 bits per heavy atom. The summed E-state index contributed by atoms with van der Waals surface area (Å²) in [6.07, 6.45) is 5.86. The Kier molecular flexibility index (Phi) is 2.53. The second kappa shape index (κ2) is 4.47. The summed E-state index contributed by atoms with van der Waals surface area (Å²) < 4.78 is 1.15. The molecule has 4 aliphatic rings. The van der Waals surface area contributed by atoms with Crippen LogP contribution >= 0.6 is 27.7 Å². The lowest BCUT2D eigenvalue weighted by molar-refractivity contribution is 0.869. The first-order chi connectivity index (χ1) is 11.7. The third kappa shape index (κ3) is 1.62. The molecule has 2 aromatic rings. The molecular weight excluding hydrogens is 378 g/mol. The average Bonchev–Trinajstić information content (AvgIpc) is 2.97. The van der Waals surface area contributed by atoms with Crippen LogP contribution in [0.15, 0.2) is 56.8 Å². The van der Waals surface area contributed by atoms with Gasteiger partial charge in [-0.3, -0.25) is 0 Å². The number of thioether (sulfide) groups is 1. The maximum atomic E-state index is 3.61. The number of likely N-dealkylation sites (N-methyl/N-ethyl adjacent to an activating group) is 1. The monoisotopic (exact) mass is 391 g/mol. The molecular formula is C21H14BrNS. The number of halogens is 1. The maximum absolute atomic E-state index is 3.61. The smallest absolute Gasteiger partial charge is 0.0805 e. The molecule has 0 N–H and O–H groups in total. The lowest BCUT2D eigenvalue weighted by Gasteiger charge is -2.22. The SMILES string of the molecule is CN1c2cccc(C3=C4SC4=CC3)c2C2=Cc3cc(Br)ccc3C21. The van der Waals surface area contributed by atoms with Crippen molar-refractivity contribution in [3.8, 4) is 0 Å². The molecule has 6 rings (SSSR count). The van der Waals surface area contributed by atoms with E-state index in [9.17, 15) is 0 Å². The standard InChI is InChI=1S/C21H14BrNS/c1-23-17-4-2-3-14(15-7-8-18-21(15)24-18)19(17)16-10-11-9-12(22)5-6-13(11)20(16)23/h2-6,8-10,20H,7H2,1H3. The van der Waals surface area contributed by atoms with Gasteiger partial charge in [0.2, 0.25) is 0 Å². The Morgan fingerprint density at radius 1 is 1.21 bits per heavy atom. The number of benzene rings is 2. The second-order valence-corrected chi connectivity index (χ2v) is 8.74. The fourth-order valence-corrected chi connectivity index (χ4v) is 5.67. The molecule has 0 bridgehead atoms. The largest absolute Gasteiger partial charge is 0.363 e. The molecule has 116 valence electrons. The number of fused-ring (bicyclic) bond motifs is 6. The van der Waals surface area contributed by atoms with Crippen LogP contribution in [0.4, 0.5) is 5.69 Å². The van der Waals surface area contributed by atoms with Crippen molar-refractivity contribution in [2.24, 2.45) is 0 Å². The molecule has 0 aromatic heterocycles. The van der Waals surface area contributed by atoms with Gasteiger partial charge in [0.1, 0.15) is 0 Å². The minimum Gasteiger partial charge on any atom is -0.363 e. The van der Waals surface area contributed by atoms with Gasteiger partial charge in [0.05, 0.1) is 6.04 Å². The van der Waals surface area contributed by atoms with E-state index in [1.165, 1.54) is 48.9 Å². The Morgan fingerprint density at radius 3 is 2.92 bits per heavy atom. The molecule has 2 aliphatic heterocycles. The predicted octanol–water partition coefficient (Wildman–Crippen LogP) is 6.24. The Labute approximate surface area is 153 Å². The summed E-state index contributed by atoms with van der Waals surface area (Å²) in [6, 6.07) is 13.8. The summed E-state index contributed by atoms with van der Waals surface area (Å²) in [4.78, 5) is 5.46. The van der Waals surface area contributed by atoms with Gasteiger partial charge < -0.3 is 4.90 Å². The topological polar surface area (TPSA) is 3.24 Å². The predicted molar refractivity (Wildman–Crippen MR) is 107 cm³/mol. The molecule has 1 unspecified atom stereocenters. The number of hydrogen-bond donors (Lipinski definition) is 0. The van der Waals surface area contributed by atoms with E-state index in [0.717, 1.165) is 10.9 Å². The first kappa shape index (κ1) is 13.6. The van der Waals surface area contributed by atoms with Gasteiger partial charge in [-0.05, 0) is 58.5 Å².